The van der Waals surface area contributed by atoms with E-state index in [-0.39, 0.29) is 0 Å². The quantitative estimate of drug-likeness (QED) is 0.603. The lowest BCUT2D eigenvalue weighted by Crippen LogP contribution is -1.96. The first-order valence-corrected chi connectivity index (χ1v) is 8.01. The largest absolute Gasteiger partial charge is 0.497 e. The van der Waals surface area contributed by atoms with Gasteiger partial charge in [-0.1, -0.05) is 6.07 Å². The van der Waals surface area contributed by atoms with Crippen LogP contribution in [-0.2, 0) is 7.05 Å². The normalized spacial score (nSPS) is 10.8. The second-order valence-corrected chi connectivity index (χ2v) is 5.82. The summed E-state index contributed by atoms with van der Waals surface area (Å²) >= 11 is 0. The van der Waals surface area contributed by atoms with E-state index in [0.717, 1.165) is 39.4 Å². The first kappa shape index (κ1) is 15.2. The number of hydrogen-bond donors (Lipinski definition) is 1. The van der Waals surface area contributed by atoms with Gasteiger partial charge in [0.25, 0.3) is 0 Å². The van der Waals surface area contributed by atoms with Crippen LogP contribution in [0, 0.1) is 0 Å². The number of aromatic nitrogens is 3. The molecule has 0 spiro atoms. The Labute approximate surface area is 145 Å². The Balaban J connectivity index is 1.71. The number of nitrogens with zero attached hydrogens (tertiary/aromatic N) is 3. The van der Waals surface area contributed by atoms with E-state index in [1.54, 1.807) is 13.3 Å². The maximum atomic E-state index is 5.26. The van der Waals surface area contributed by atoms with Gasteiger partial charge in [0, 0.05) is 54.4 Å². The lowest BCUT2D eigenvalue weighted by molar-refractivity contribution is 0.415. The molecular weight excluding hydrogens is 312 g/mol. The highest BCUT2D eigenvalue weighted by Crippen LogP contribution is 2.28. The van der Waals surface area contributed by atoms with Crippen molar-refractivity contribution in [1.82, 2.24) is 14.5 Å². The molecule has 0 unspecified atom stereocenters. The monoisotopic (exact) mass is 330 g/mol. The molecule has 124 valence electrons. The van der Waals surface area contributed by atoms with Crippen molar-refractivity contribution in [2.45, 2.75) is 0 Å². The minimum absolute atomic E-state index is 0.791. The summed E-state index contributed by atoms with van der Waals surface area (Å²) in [7, 11) is 3.72. The van der Waals surface area contributed by atoms with Gasteiger partial charge >= 0.3 is 0 Å². The number of methoxy groups -OCH3 is 1. The van der Waals surface area contributed by atoms with E-state index in [4.69, 9.17) is 4.74 Å². The van der Waals surface area contributed by atoms with Gasteiger partial charge in [0.15, 0.2) is 0 Å². The van der Waals surface area contributed by atoms with Crippen molar-refractivity contribution in [3.63, 3.8) is 0 Å². The van der Waals surface area contributed by atoms with Crippen molar-refractivity contribution in [3.8, 4) is 17.0 Å². The third-order valence-corrected chi connectivity index (χ3v) is 4.23. The molecule has 0 aliphatic rings. The summed E-state index contributed by atoms with van der Waals surface area (Å²) < 4.78 is 7.42. The Morgan fingerprint density at radius 3 is 2.76 bits per heavy atom. The van der Waals surface area contributed by atoms with Crippen molar-refractivity contribution in [3.05, 3.63) is 67.1 Å². The number of pyridine rings is 2. The predicted molar refractivity (Wildman–Crippen MR) is 100 cm³/mol. The summed E-state index contributed by atoms with van der Waals surface area (Å²) in [5, 5.41) is 4.43. The molecule has 0 fully saturated rings. The third-order valence-electron chi connectivity index (χ3n) is 4.23. The molecule has 5 heteroatoms. The molecular formula is C20H18N4O. The van der Waals surface area contributed by atoms with Crippen molar-refractivity contribution in [2.75, 3.05) is 12.4 Å². The molecule has 3 heterocycles. The Kier molecular flexibility index (Phi) is 3.82. The zero-order valence-electron chi connectivity index (χ0n) is 14.1. The minimum atomic E-state index is 0.791. The van der Waals surface area contributed by atoms with Gasteiger partial charge in [-0.25, -0.2) is 4.98 Å². The average Bonchev–Trinajstić information content (AvgIpc) is 2.99. The van der Waals surface area contributed by atoms with Gasteiger partial charge in [-0.3, -0.25) is 4.98 Å². The molecule has 1 aromatic carbocycles. The van der Waals surface area contributed by atoms with Crippen molar-refractivity contribution in [1.29, 1.82) is 0 Å². The van der Waals surface area contributed by atoms with E-state index in [1.165, 1.54) is 0 Å². The van der Waals surface area contributed by atoms with E-state index in [2.05, 4.69) is 45.1 Å². The lowest BCUT2D eigenvalue weighted by atomic mass is 10.2. The zero-order valence-corrected chi connectivity index (χ0v) is 14.1. The van der Waals surface area contributed by atoms with E-state index < -0.39 is 0 Å². The first-order valence-electron chi connectivity index (χ1n) is 8.01. The van der Waals surface area contributed by atoms with Gasteiger partial charge in [0.05, 0.1) is 18.3 Å². The van der Waals surface area contributed by atoms with Gasteiger partial charge in [-0.2, -0.15) is 0 Å². The highest BCUT2D eigenvalue weighted by atomic mass is 16.5. The summed E-state index contributed by atoms with van der Waals surface area (Å²) in [6.07, 6.45) is 5.54. The van der Waals surface area contributed by atoms with Crippen molar-refractivity contribution in [2.24, 2.45) is 7.05 Å². The molecule has 0 aliphatic carbocycles. The van der Waals surface area contributed by atoms with Crippen LogP contribution in [0.25, 0.3) is 22.2 Å². The van der Waals surface area contributed by atoms with Gasteiger partial charge in [-0.15, -0.1) is 0 Å². The molecule has 0 saturated carbocycles. The van der Waals surface area contributed by atoms with Crippen LogP contribution in [0.1, 0.15) is 0 Å². The van der Waals surface area contributed by atoms with Gasteiger partial charge < -0.3 is 14.6 Å². The van der Waals surface area contributed by atoms with Crippen LogP contribution in [0.5, 0.6) is 5.75 Å². The number of hydrogen-bond acceptors (Lipinski definition) is 4. The summed E-state index contributed by atoms with van der Waals surface area (Å²) in [6, 6.07) is 16.0. The van der Waals surface area contributed by atoms with Crippen molar-refractivity contribution >= 4 is 22.4 Å². The van der Waals surface area contributed by atoms with Crippen molar-refractivity contribution < 1.29 is 4.74 Å². The zero-order chi connectivity index (χ0) is 17.2. The topological polar surface area (TPSA) is 52.0 Å². The van der Waals surface area contributed by atoms with Gasteiger partial charge in [0.1, 0.15) is 11.6 Å². The molecule has 5 nitrogen and oxygen atoms in total. The van der Waals surface area contributed by atoms with E-state index in [0.29, 0.717) is 0 Å². The first-order chi connectivity index (χ1) is 12.2. The standard InChI is InChI=1S/C20H18N4O/c1-24-18(14-5-4-8-21-12-14)9-15-13-22-20(11-19(15)24)23-16-6-3-7-17(10-16)25-2/h3-13H,1-2H3,(H,22,23). The number of aryl methyl sites for hydroxylation is 1. The summed E-state index contributed by atoms with van der Waals surface area (Å²) in [5.41, 5.74) is 4.25. The fourth-order valence-electron chi connectivity index (χ4n) is 2.94. The number of anilines is 2. The Bertz CT molecular complexity index is 1020. The number of fused-ring (bicyclic) bond motifs is 1. The maximum absolute atomic E-state index is 5.26. The molecule has 0 bridgehead atoms. The highest BCUT2D eigenvalue weighted by Gasteiger charge is 2.09. The summed E-state index contributed by atoms with van der Waals surface area (Å²) in [5.74, 6) is 1.60. The predicted octanol–water partition coefficient (Wildman–Crippen LogP) is 4.39. The molecule has 25 heavy (non-hydrogen) atoms. The molecule has 0 saturated heterocycles. The van der Waals surface area contributed by atoms with E-state index in [1.807, 2.05) is 42.7 Å². The van der Waals surface area contributed by atoms with Crippen LogP contribution in [-0.4, -0.2) is 21.6 Å². The van der Waals surface area contributed by atoms with Crippen LogP contribution >= 0.6 is 0 Å². The molecule has 3 aromatic heterocycles. The molecule has 0 amide bonds. The SMILES string of the molecule is COc1cccc(Nc2cc3c(cn2)cc(-c2cccnc2)n3C)c1. The van der Waals surface area contributed by atoms with Crippen LogP contribution in [0.3, 0.4) is 0 Å². The Morgan fingerprint density at radius 2 is 1.96 bits per heavy atom. The molecule has 1 N–H and O–H groups in total. The summed E-state index contributed by atoms with van der Waals surface area (Å²) in [6.45, 7) is 0. The number of benzene rings is 1. The lowest BCUT2D eigenvalue weighted by Gasteiger charge is -2.08. The maximum Gasteiger partial charge on any atom is 0.132 e. The second-order valence-electron chi connectivity index (χ2n) is 5.82. The smallest absolute Gasteiger partial charge is 0.132 e. The second kappa shape index (κ2) is 6.28. The molecule has 4 rings (SSSR count). The number of nitrogens with one attached hydrogen (secondary N) is 1. The van der Waals surface area contributed by atoms with Gasteiger partial charge in [-0.05, 0) is 30.3 Å². The van der Waals surface area contributed by atoms with E-state index >= 15 is 0 Å². The Morgan fingerprint density at radius 1 is 1.04 bits per heavy atom. The third kappa shape index (κ3) is 2.92. The highest BCUT2D eigenvalue weighted by molar-refractivity contribution is 5.88. The molecule has 0 radical (unpaired) electrons. The van der Waals surface area contributed by atoms with Gasteiger partial charge in [0.2, 0.25) is 0 Å². The average molecular weight is 330 g/mol. The Hall–Kier alpha value is -3.34. The number of rotatable bonds is 4. The molecule has 4 aromatic rings. The molecule has 0 atom stereocenters. The summed E-state index contributed by atoms with van der Waals surface area (Å²) in [4.78, 5) is 8.73. The van der Waals surface area contributed by atoms with Crippen LogP contribution in [0.2, 0.25) is 0 Å². The minimum Gasteiger partial charge on any atom is -0.497 e. The fraction of sp³-hybridized carbons (Fsp3) is 0.100. The van der Waals surface area contributed by atoms with E-state index in [9.17, 15) is 0 Å². The van der Waals surface area contributed by atoms with Crippen LogP contribution in [0.15, 0.2) is 67.1 Å². The number of ether oxygens (including phenoxy) is 1. The molecule has 0 aliphatic heterocycles. The van der Waals surface area contributed by atoms with Crippen LogP contribution in [0.4, 0.5) is 11.5 Å². The van der Waals surface area contributed by atoms with Crippen LogP contribution < -0.4 is 10.1 Å². The fourth-order valence-corrected chi connectivity index (χ4v) is 2.94.